The van der Waals surface area contributed by atoms with Gasteiger partial charge >= 0.3 is 0 Å². The van der Waals surface area contributed by atoms with Crippen LogP contribution in [-0.2, 0) is 4.79 Å². The molecule has 1 aliphatic rings. The van der Waals surface area contributed by atoms with E-state index in [2.05, 4.69) is 28.3 Å². The van der Waals surface area contributed by atoms with Gasteiger partial charge in [-0.3, -0.25) is 14.6 Å². The molecule has 2 N–H and O–H groups in total. The average molecular weight is 347 g/mol. The van der Waals surface area contributed by atoms with E-state index < -0.39 is 0 Å². The number of amides is 1. The van der Waals surface area contributed by atoms with Gasteiger partial charge in [-0.25, -0.2) is 0 Å². The Hall–Kier alpha value is -2.95. The number of hydrogen-bond acceptors (Lipinski definition) is 3. The Labute approximate surface area is 151 Å². The average Bonchev–Trinajstić information content (AvgIpc) is 2.64. The first-order valence-electron chi connectivity index (χ1n) is 9.03. The predicted octanol–water partition coefficient (Wildman–Crippen LogP) is 4.21. The summed E-state index contributed by atoms with van der Waals surface area (Å²) in [5.74, 6) is 0.365. The highest BCUT2D eigenvalue weighted by Crippen LogP contribution is 2.34. The number of pyridine rings is 2. The number of fused-ring (bicyclic) bond motifs is 5. The molecule has 2 aromatic heterocycles. The molecule has 1 amide bonds. The maximum absolute atomic E-state index is 12.4. The molecule has 4 rings (SSSR count). The SMILES string of the molecule is CC1CCCCC(=O)Nc2cc3[nH]c(=O)ccc3cc2-c2ccnc1c2. The first-order chi connectivity index (χ1) is 12.6. The van der Waals surface area contributed by atoms with E-state index in [1.54, 1.807) is 6.07 Å². The quantitative estimate of drug-likeness (QED) is 0.640. The fraction of sp³-hybridized carbons (Fsp3) is 0.286. The largest absolute Gasteiger partial charge is 0.325 e. The van der Waals surface area contributed by atoms with E-state index >= 15 is 0 Å². The van der Waals surface area contributed by atoms with Gasteiger partial charge in [0.15, 0.2) is 0 Å². The first kappa shape index (κ1) is 16.5. The Kier molecular flexibility index (Phi) is 4.29. The topological polar surface area (TPSA) is 74.8 Å². The molecular weight excluding hydrogens is 326 g/mol. The Morgan fingerprint density at radius 3 is 2.85 bits per heavy atom. The number of aromatic nitrogens is 2. The van der Waals surface area contributed by atoms with E-state index in [1.165, 1.54) is 6.07 Å². The zero-order chi connectivity index (χ0) is 18.1. The van der Waals surface area contributed by atoms with Gasteiger partial charge in [-0.05, 0) is 60.0 Å². The van der Waals surface area contributed by atoms with Gasteiger partial charge in [0.2, 0.25) is 11.5 Å². The van der Waals surface area contributed by atoms with Crippen LogP contribution in [0.4, 0.5) is 5.69 Å². The Balaban J connectivity index is 1.94. The molecule has 1 atom stereocenters. The molecule has 0 radical (unpaired) electrons. The van der Waals surface area contributed by atoms with E-state index in [1.807, 2.05) is 24.4 Å². The zero-order valence-electron chi connectivity index (χ0n) is 14.7. The lowest BCUT2D eigenvalue weighted by Gasteiger charge is -2.17. The summed E-state index contributed by atoms with van der Waals surface area (Å²) in [5.41, 5.74) is 4.31. The van der Waals surface area contributed by atoms with Crippen LogP contribution in [0.5, 0.6) is 0 Å². The number of hydrogen-bond donors (Lipinski definition) is 2. The molecule has 2 bridgehead atoms. The van der Waals surface area contributed by atoms with E-state index in [0.717, 1.165) is 47.2 Å². The Morgan fingerprint density at radius 2 is 1.96 bits per heavy atom. The summed E-state index contributed by atoms with van der Waals surface area (Å²) in [5, 5.41) is 3.96. The zero-order valence-corrected chi connectivity index (χ0v) is 14.7. The van der Waals surface area contributed by atoms with Crippen molar-refractivity contribution < 1.29 is 4.79 Å². The number of rotatable bonds is 0. The highest BCUT2D eigenvalue weighted by molar-refractivity contribution is 6.00. The molecule has 1 aliphatic heterocycles. The number of nitrogens with one attached hydrogen (secondary N) is 2. The van der Waals surface area contributed by atoms with Crippen molar-refractivity contribution in [1.29, 1.82) is 0 Å². The van der Waals surface area contributed by atoms with Crippen LogP contribution >= 0.6 is 0 Å². The van der Waals surface area contributed by atoms with Crippen molar-refractivity contribution in [2.45, 2.75) is 38.5 Å². The van der Waals surface area contributed by atoms with Gasteiger partial charge in [0, 0.05) is 29.9 Å². The van der Waals surface area contributed by atoms with Gasteiger partial charge in [-0.15, -0.1) is 0 Å². The van der Waals surface area contributed by atoms with Gasteiger partial charge in [0.25, 0.3) is 0 Å². The lowest BCUT2D eigenvalue weighted by Crippen LogP contribution is -2.13. The standard InChI is InChI=1S/C21H21N3O2/c1-13-4-2-3-5-20(25)24-19-12-18-15(6-7-21(26)23-18)10-16(19)14-8-9-22-17(13)11-14/h6-13H,2-5H2,1H3,(H,23,26)(H,24,25). The van der Waals surface area contributed by atoms with Crippen LogP contribution in [0.1, 0.15) is 44.2 Å². The number of aromatic amines is 1. The van der Waals surface area contributed by atoms with E-state index in [0.29, 0.717) is 17.9 Å². The van der Waals surface area contributed by atoms with Crippen molar-refractivity contribution in [1.82, 2.24) is 9.97 Å². The number of H-pyrrole nitrogens is 1. The summed E-state index contributed by atoms with van der Waals surface area (Å²) in [4.78, 5) is 31.4. The summed E-state index contributed by atoms with van der Waals surface area (Å²) < 4.78 is 0. The minimum absolute atomic E-state index is 0.00591. The normalized spacial score (nSPS) is 17.7. The summed E-state index contributed by atoms with van der Waals surface area (Å²) in [7, 11) is 0. The Bertz CT molecular complexity index is 1040. The molecule has 5 nitrogen and oxygen atoms in total. The van der Waals surface area contributed by atoms with E-state index in [9.17, 15) is 9.59 Å². The molecule has 3 aromatic rings. The van der Waals surface area contributed by atoms with Gasteiger partial charge in [0.1, 0.15) is 0 Å². The van der Waals surface area contributed by atoms with Gasteiger partial charge in [-0.2, -0.15) is 0 Å². The number of carbonyl (C=O) groups is 1. The number of anilines is 1. The van der Waals surface area contributed by atoms with E-state index in [4.69, 9.17) is 0 Å². The summed E-state index contributed by atoms with van der Waals surface area (Å²) >= 11 is 0. The second-order valence-corrected chi connectivity index (χ2v) is 6.97. The molecule has 0 aliphatic carbocycles. The molecule has 1 aromatic carbocycles. The van der Waals surface area contributed by atoms with Gasteiger partial charge in [0.05, 0.1) is 11.2 Å². The molecule has 132 valence electrons. The van der Waals surface area contributed by atoms with Crippen LogP contribution in [0.25, 0.3) is 22.0 Å². The fourth-order valence-electron chi connectivity index (χ4n) is 3.53. The summed E-state index contributed by atoms with van der Waals surface area (Å²) in [6.45, 7) is 2.18. The fourth-order valence-corrected chi connectivity index (χ4v) is 3.53. The third kappa shape index (κ3) is 3.25. The van der Waals surface area contributed by atoms with Crippen molar-refractivity contribution >= 4 is 22.5 Å². The van der Waals surface area contributed by atoms with Crippen molar-refractivity contribution in [3.8, 4) is 11.1 Å². The summed E-state index contributed by atoms with van der Waals surface area (Å²) in [6, 6.07) is 11.2. The number of nitrogens with zero attached hydrogens (tertiary/aromatic N) is 1. The van der Waals surface area contributed by atoms with Crippen LogP contribution in [0.3, 0.4) is 0 Å². The molecule has 1 unspecified atom stereocenters. The van der Waals surface area contributed by atoms with E-state index in [-0.39, 0.29) is 11.5 Å². The molecular formula is C21H21N3O2. The van der Waals surface area contributed by atoms with Crippen LogP contribution in [0.15, 0.2) is 47.4 Å². The van der Waals surface area contributed by atoms with Crippen molar-refractivity contribution in [3.63, 3.8) is 0 Å². The third-order valence-electron chi connectivity index (χ3n) is 5.02. The maximum Gasteiger partial charge on any atom is 0.248 e. The van der Waals surface area contributed by atoms with Crippen molar-refractivity contribution in [3.05, 3.63) is 58.6 Å². The molecule has 0 spiro atoms. The molecule has 26 heavy (non-hydrogen) atoms. The lowest BCUT2D eigenvalue weighted by atomic mass is 9.94. The van der Waals surface area contributed by atoms with Crippen LogP contribution in [-0.4, -0.2) is 15.9 Å². The second-order valence-electron chi connectivity index (χ2n) is 6.97. The maximum atomic E-state index is 12.4. The van der Waals surface area contributed by atoms with Crippen molar-refractivity contribution in [2.75, 3.05) is 5.32 Å². The molecule has 3 heterocycles. The number of benzene rings is 1. The first-order valence-corrected chi connectivity index (χ1v) is 9.03. The van der Waals surface area contributed by atoms with Crippen LogP contribution < -0.4 is 10.9 Å². The third-order valence-corrected chi connectivity index (χ3v) is 5.02. The molecule has 0 saturated carbocycles. The van der Waals surface area contributed by atoms with Crippen LogP contribution in [0.2, 0.25) is 0 Å². The molecule has 0 saturated heterocycles. The molecule has 5 heteroatoms. The van der Waals surface area contributed by atoms with Gasteiger partial charge in [-0.1, -0.05) is 13.3 Å². The van der Waals surface area contributed by atoms with Crippen LogP contribution in [0, 0.1) is 0 Å². The highest BCUT2D eigenvalue weighted by Gasteiger charge is 2.15. The lowest BCUT2D eigenvalue weighted by molar-refractivity contribution is -0.116. The smallest absolute Gasteiger partial charge is 0.248 e. The monoisotopic (exact) mass is 347 g/mol. The Morgan fingerprint density at radius 1 is 1.08 bits per heavy atom. The van der Waals surface area contributed by atoms with Crippen molar-refractivity contribution in [2.24, 2.45) is 0 Å². The minimum atomic E-state index is -0.156. The highest BCUT2D eigenvalue weighted by atomic mass is 16.1. The van der Waals surface area contributed by atoms with Gasteiger partial charge < -0.3 is 10.3 Å². The molecule has 0 fully saturated rings. The second kappa shape index (κ2) is 6.75. The summed E-state index contributed by atoms with van der Waals surface area (Å²) in [6.07, 6.45) is 5.20. The minimum Gasteiger partial charge on any atom is -0.325 e. The predicted molar refractivity (Wildman–Crippen MR) is 103 cm³/mol. The number of carbonyl (C=O) groups excluding carboxylic acids is 1.